The summed E-state index contributed by atoms with van der Waals surface area (Å²) in [5.74, 6) is 0. The Hall–Kier alpha value is -2.39. The van der Waals surface area contributed by atoms with Crippen LogP contribution in [0.1, 0.15) is 19.3 Å². The average Bonchev–Trinajstić information content (AvgIpc) is 3.23. The largest absolute Gasteiger partial charge is 0.441 e. The van der Waals surface area contributed by atoms with Crippen molar-refractivity contribution in [1.82, 2.24) is 19.4 Å². The zero-order valence-corrected chi connectivity index (χ0v) is 15.0. The zero-order chi connectivity index (χ0) is 18.2. The van der Waals surface area contributed by atoms with Gasteiger partial charge in [0, 0.05) is 31.9 Å². The number of nitrogens with zero attached hydrogens (tertiary/aromatic N) is 3. The Morgan fingerprint density at radius 1 is 1.15 bits per heavy atom. The first kappa shape index (κ1) is 17.0. The van der Waals surface area contributed by atoms with Crippen molar-refractivity contribution in [1.29, 1.82) is 0 Å². The van der Waals surface area contributed by atoms with Crippen molar-refractivity contribution in [2.45, 2.75) is 29.8 Å². The highest BCUT2D eigenvalue weighted by Crippen LogP contribution is 2.31. The number of hydrogen-bond donors (Lipinski definition) is 1. The van der Waals surface area contributed by atoms with Crippen LogP contribution in [0.5, 0.6) is 0 Å². The molecule has 1 aromatic heterocycles. The Bertz CT molecular complexity index is 895. The molecular formula is C17H20N4O4S. The van der Waals surface area contributed by atoms with Crippen molar-refractivity contribution in [3.05, 3.63) is 42.7 Å². The third-order valence-electron chi connectivity index (χ3n) is 4.96. The third kappa shape index (κ3) is 3.08. The number of amides is 1. The van der Waals surface area contributed by atoms with Crippen molar-refractivity contribution < 1.29 is 17.9 Å². The lowest BCUT2D eigenvalue weighted by Crippen LogP contribution is -2.36. The average molecular weight is 376 g/mol. The van der Waals surface area contributed by atoms with Crippen LogP contribution in [0.4, 0.5) is 4.79 Å². The van der Waals surface area contributed by atoms with E-state index in [2.05, 4.69) is 10.4 Å². The summed E-state index contributed by atoms with van der Waals surface area (Å²) in [7, 11) is -3.59. The smallest absolute Gasteiger partial charge is 0.407 e. The fraction of sp³-hybridized carbons (Fsp3) is 0.412. The van der Waals surface area contributed by atoms with Gasteiger partial charge >= 0.3 is 6.09 Å². The first-order valence-corrected chi connectivity index (χ1v) is 10.00. The molecule has 1 aromatic carbocycles. The molecule has 1 atom stereocenters. The molecule has 4 rings (SSSR count). The van der Waals surface area contributed by atoms with Gasteiger partial charge in [-0.1, -0.05) is 0 Å². The van der Waals surface area contributed by atoms with E-state index in [1.165, 1.54) is 4.31 Å². The molecule has 3 heterocycles. The number of aromatic nitrogens is 2. The van der Waals surface area contributed by atoms with Gasteiger partial charge in [-0.3, -0.25) is 0 Å². The molecule has 2 aliphatic rings. The molecule has 1 spiro atoms. The van der Waals surface area contributed by atoms with E-state index in [4.69, 9.17) is 4.74 Å². The van der Waals surface area contributed by atoms with Crippen molar-refractivity contribution >= 4 is 16.1 Å². The second-order valence-electron chi connectivity index (χ2n) is 6.63. The molecule has 1 N–H and O–H groups in total. The summed E-state index contributed by atoms with van der Waals surface area (Å²) in [6.45, 7) is 1.19. The predicted molar refractivity (Wildman–Crippen MR) is 93.4 cm³/mol. The maximum Gasteiger partial charge on any atom is 0.407 e. The Kier molecular flexibility index (Phi) is 4.20. The van der Waals surface area contributed by atoms with Gasteiger partial charge in [0.1, 0.15) is 5.60 Å². The van der Waals surface area contributed by atoms with E-state index in [0.29, 0.717) is 38.9 Å². The van der Waals surface area contributed by atoms with Crippen LogP contribution >= 0.6 is 0 Å². The number of carbonyl (C=O) groups is 1. The molecule has 0 aliphatic carbocycles. The Labute approximate surface area is 151 Å². The van der Waals surface area contributed by atoms with Crippen molar-refractivity contribution in [2.75, 3.05) is 19.6 Å². The Morgan fingerprint density at radius 2 is 1.96 bits per heavy atom. The number of ether oxygens (including phenoxy) is 1. The lowest BCUT2D eigenvalue weighted by Gasteiger charge is -2.24. The number of nitrogens with one attached hydrogen (secondary N) is 1. The molecule has 8 nitrogen and oxygen atoms in total. The Morgan fingerprint density at radius 3 is 2.62 bits per heavy atom. The minimum absolute atomic E-state index is 0.255. The number of alkyl carbamates (subject to hydrolysis) is 1. The quantitative estimate of drug-likeness (QED) is 0.877. The Balaban J connectivity index is 1.52. The van der Waals surface area contributed by atoms with Crippen molar-refractivity contribution in [3.8, 4) is 5.69 Å². The summed E-state index contributed by atoms with van der Waals surface area (Å²) >= 11 is 0. The molecule has 2 aliphatic heterocycles. The fourth-order valence-corrected chi connectivity index (χ4v) is 4.98. The number of sulfonamides is 1. The second-order valence-corrected chi connectivity index (χ2v) is 8.57. The van der Waals surface area contributed by atoms with Gasteiger partial charge in [-0.15, -0.1) is 0 Å². The van der Waals surface area contributed by atoms with Gasteiger partial charge in [0.15, 0.2) is 0 Å². The lowest BCUT2D eigenvalue weighted by atomic mass is 9.95. The zero-order valence-electron chi connectivity index (χ0n) is 14.2. The maximum atomic E-state index is 13.0. The van der Waals surface area contributed by atoms with Gasteiger partial charge in [0.25, 0.3) is 0 Å². The van der Waals surface area contributed by atoms with Crippen molar-refractivity contribution in [2.24, 2.45) is 0 Å². The molecule has 138 valence electrons. The first-order valence-electron chi connectivity index (χ1n) is 8.56. The molecule has 1 unspecified atom stereocenters. The molecule has 0 radical (unpaired) electrons. The predicted octanol–water partition coefficient (Wildman–Crippen LogP) is 1.53. The molecule has 0 bridgehead atoms. The SMILES string of the molecule is O=C1NCC2(CCCN(S(=O)(=O)c3ccc(-n4cccn4)cc3)CC2)O1. The minimum atomic E-state index is -3.59. The van der Waals surface area contributed by atoms with Crippen LogP contribution in [0.2, 0.25) is 0 Å². The van der Waals surface area contributed by atoms with E-state index in [1.54, 1.807) is 41.3 Å². The van der Waals surface area contributed by atoms with Crippen LogP contribution in [0.25, 0.3) is 5.69 Å². The van der Waals surface area contributed by atoms with Gasteiger partial charge in [0.05, 0.1) is 17.1 Å². The van der Waals surface area contributed by atoms with Crippen molar-refractivity contribution in [3.63, 3.8) is 0 Å². The summed E-state index contributed by atoms with van der Waals surface area (Å²) in [6.07, 6.45) is 4.86. The molecule has 2 fully saturated rings. The van der Waals surface area contributed by atoms with E-state index >= 15 is 0 Å². The number of carbonyl (C=O) groups excluding carboxylic acids is 1. The van der Waals surface area contributed by atoms with Gasteiger partial charge in [0.2, 0.25) is 10.0 Å². The lowest BCUT2D eigenvalue weighted by molar-refractivity contribution is 0.0460. The summed E-state index contributed by atoms with van der Waals surface area (Å²) in [5.41, 5.74) is 0.221. The number of rotatable bonds is 3. The monoisotopic (exact) mass is 376 g/mol. The number of hydrogen-bond acceptors (Lipinski definition) is 5. The summed E-state index contributed by atoms with van der Waals surface area (Å²) in [4.78, 5) is 11.6. The highest BCUT2D eigenvalue weighted by atomic mass is 32.2. The van der Waals surface area contributed by atoms with Crippen LogP contribution < -0.4 is 5.32 Å². The summed E-state index contributed by atoms with van der Waals surface area (Å²) < 4.78 is 34.5. The van der Waals surface area contributed by atoms with Gasteiger partial charge in [-0.05, 0) is 43.2 Å². The standard InChI is InChI=1S/C17H20N4O4S/c22-16-18-13-17(25-16)7-1-10-20(12-8-17)26(23,24)15-5-3-14(4-6-15)21-11-2-9-19-21/h2-6,9,11H,1,7-8,10,12-13H2,(H,18,22). The fourth-order valence-electron chi connectivity index (χ4n) is 3.51. The molecule has 2 saturated heterocycles. The van der Waals surface area contributed by atoms with Crippen LogP contribution in [0.3, 0.4) is 0 Å². The first-order chi connectivity index (χ1) is 12.5. The van der Waals surface area contributed by atoms with Crippen LogP contribution in [-0.4, -0.2) is 53.8 Å². The molecule has 0 saturated carbocycles. The molecule has 26 heavy (non-hydrogen) atoms. The highest BCUT2D eigenvalue weighted by molar-refractivity contribution is 7.89. The normalized spacial score (nSPS) is 24.2. The van der Waals surface area contributed by atoms with E-state index < -0.39 is 21.7 Å². The van der Waals surface area contributed by atoms with E-state index in [1.807, 2.05) is 6.07 Å². The van der Waals surface area contributed by atoms with E-state index in [-0.39, 0.29) is 4.90 Å². The summed E-state index contributed by atoms with van der Waals surface area (Å²) in [5, 5.41) is 6.81. The van der Waals surface area contributed by atoms with Crippen LogP contribution in [-0.2, 0) is 14.8 Å². The topological polar surface area (TPSA) is 93.5 Å². The maximum absolute atomic E-state index is 13.0. The number of benzene rings is 1. The van der Waals surface area contributed by atoms with E-state index in [0.717, 1.165) is 5.69 Å². The highest BCUT2D eigenvalue weighted by Gasteiger charge is 2.42. The van der Waals surface area contributed by atoms with Crippen LogP contribution in [0, 0.1) is 0 Å². The molecular weight excluding hydrogens is 356 g/mol. The third-order valence-corrected chi connectivity index (χ3v) is 6.88. The van der Waals surface area contributed by atoms with E-state index in [9.17, 15) is 13.2 Å². The van der Waals surface area contributed by atoms with Gasteiger partial charge < -0.3 is 10.1 Å². The minimum Gasteiger partial charge on any atom is -0.441 e. The van der Waals surface area contributed by atoms with Gasteiger partial charge in [-0.25, -0.2) is 17.9 Å². The van der Waals surface area contributed by atoms with Crippen LogP contribution in [0.15, 0.2) is 47.6 Å². The summed E-state index contributed by atoms with van der Waals surface area (Å²) in [6, 6.07) is 8.49. The molecule has 1 amide bonds. The van der Waals surface area contributed by atoms with Gasteiger partial charge in [-0.2, -0.15) is 9.40 Å². The second kappa shape index (κ2) is 6.40. The molecule has 2 aromatic rings. The molecule has 9 heteroatoms.